The van der Waals surface area contributed by atoms with Crippen molar-refractivity contribution in [2.24, 2.45) is 0 Å². The molecule has 3 aromatic rings. The van der Waals surface area contributed by atoms with Crippen LogP contribution in [0.25, 0.3) is 11.8 Å². The molecule has 1 amide bonds. The van der Waals surface area contributed by atoms with Crippen molar-refractivity contribution in [1.29, 1.82) is 5.26 Å². The molecule has 0 spiro atoms. The molecule has 0 atom stereocenters. The summed E-state index contributed by atoms with van der Waals surface area (Å²) in [5.41, 5.74) is 4.69. The van der Waals surface area contributed by atoms with Crippen molar-refractivity contribution < 1.29 is 9.53 Å². The molecule has 146 valence electrons. The predicted octanol–water partition coefficient (Wildman–Crippen LogP) is 3.72. The molecule has 0 saturated carbocycles. The van der Waals surface area contributed by atoms with Crippen LogP contribution in [0.4, 0.5) is 0 Å². The van der Waals surface area contributed by atoms with Gasteiger partial charge in [0.2, 0.25) is 0 Å². The number of rotatable bonds is 6. The number of hydrogen-bond donors (Lipinski definition) is 1. The molecule has 6 nitrogen and oxygen atoms in total. The van der Waals surface area contributed by atoms with Crippen LogP contribution in [0.3, 0.4) is 0 Å². The SMILES string of the molecule is COc1ccc(-n2c(C)cc(/C=C(\C#N)C(=O)NCc3cccnc3)c2C)cc1. The highest BCUT2D eigenvalue weighted by atomic mass is 16.5. The highest BCUT2D eigenvalue weighted by molar-refractivity contribution is 6.01. The van der Waals surface area contributed by atoms with E-state index in [4.69, 9.17) is 4.74 Å². The van der Waals surface area contributed by atoms with Crippen molar-refractivity contribution in [3.8, 4) is 17.5 Å². The Balaban J connectivity index is 1.84. The zero-order valence-electron chi connectivity index (χ0n) is 16.6. The van der Waals surface area contributed by atoms with Crippen molar-refractivity contribution in [2.45, 2.75) is 20.4 Å². The number of hydrogen-bond acceptors (Lipinski definition) is 4. The van der Waals surface area contributed by atoms with Crippen LogP contribution in [-0.2, 0) is 11.3 Å². The van der Waals surface area contributed by atoms with E-state index in [1.165, 1.54) is 0 Å². The van der Waals surface area contributed by atoms with Gasteiger partial charge in [0.25, 0.3) is 5.91 Å². The van der Waals surface area contributed by atoms with E-state index in [0.717, 1.165) is 34.0 Å². The molecule has 0 unspecified atom stereocenters. The van der Waals surface area contributed by atoms with E-state index in [0.29, 0.717) is 6.54 Å². The number of benzene rings is 1. The van der Waals surface area contributed by atoms with E-state index in [2.05, 4.69) is 14.9 Å². The topological polar surface area (TPSA) is 79.9 Å². The molecule has 0 bridgehead atoms. The average Bonchev–Trinajstić information content (AvgIpc) is 3.03. The third-order valence-corrected chi connectivity index (χ3v) is 4.64. The van der Waals surface area contributed by atoms with Gasteiger partial charge >= 0.3 is 0 Å². The Morgan fingerprint density at radius 2 is 2.03 bits per heavy atom. The van der Waals surface area contributed by atoms with E-state index in [1.807, 2.05) is 56.3 Å². The highest BCUT2D eigenvalue weighted by Gasteiger charge is 2.14. The Kier molecular flexibility index (Phi) is 6.10. The van der Waals surface area contributed by atoms with Crippen LogP contribution >= 0.6 is 0 Å². The van der Waals surface area contributed by atoms with Crippen LogP contribution < -0.4 is 10.1 Å². The fourth-order valence-electron chi connectivity index (χ4n) is 3.15. The minimum absolute atomic E-state index is 0.0591. The smallest absolute Gasteiger partial charge is 0.262 e. The first-order chi connectivity index (χ1) is 14.0. The second-order valence-electron chi connectivity index (χ2n) is 6.57. The molecule has 1 N–H and O–H groups in total. The lowest BCUT2D eigenvalue weighted by molar-refractivity contribution is -0.117. The molecular formula is C23H22N4O2. The Hall–Kier alpha value is -3.85. The molecule has 0 aliphatic carbocycles. The zero-order valence-corrected chi connectivity index (χ0v) is 16.6. The summed E-state index contributed by atoms with van der Waals surface area (Å²) in [7, 11) is 1.63. The Bertz CT molecular complexity index is 1070. The first kappa shape index (κ1) is 19.9. The summed E-state index contributed by atoms with van der Waals surface area (Å²) < 4.78 is 7.29. The number of amides is 1. The van der Waals surface area contributed by atoms with E-state index >= 15 is 0 Å². The van der Waals surface area contributed by atoms with Crippen LogP contribution in [-0.4, -0.2) is 22.6 Å². The molecule has 0 aliphatic heterocycles. The van der Waals surface area contributed by atoms with Gasteiger partial charge in [0.1, 0.15) is 17.4 Å². The van der Waals surface area contributed by atoms with E-state index < -0.39 is 5.91 Å². The van der Waals surface area contributed by atoms with Gasteiger partial charge in [-0.25, -0.2) is 0 Å². The summed E-state index contributed by atoms with van der Waals surface area (Å²) in [6, 6.07) is 15.4. The van der Waals surface area contributed by atoms with Crippen molar-refractivity contribution in [3.05, 3.63) is 82.9 Å². The number of pyridine rings is 1. The molecular weight excluding hydrogens is 364 g/mol. The second kappa shape index (κ2) is 8.89. The number of nitriles is 1. The molecule has 29 heavy (non-hydrogen) atoms. The summed E-state index contributed by atoms with van der Waals surface area (Å²) in [4.78, 5) is 16.5. The lowest BCUT2D eigenvalue weighted by Gasteiger charge is -2.10. The fourth-order valence-corrected chi connectivity index (χ4v) is 3.15. The lowest BCUT2D eigenvalue weighted by atomic mass is 10.1. The third-order valence-electron chi connectivity index (χ3n) is 4.64. The predicted molar refractivity (Wildman–Crippen MR) is 111 cm³/mol. The highest BCUT2D eigenvalue weighted by Crippen LogP contribution is 2.24. The molecule has 0 radical (unpaired) electrons. The van der Waals surface area contributed by atoms with Crippen LogP contribution in [0.1, 0.15) is 22.5 Å². The van der Waals surface area contributed by atoms with Gasteiger partial charge in [0.05, 0.1) is 7.11 Å². The molecule has 6 heteroatoms. The van der Waals surface area contributed by atoms with E-state index in [-0.39, 0.29) is 5.57 Å². The number of carbonyl (C=O) groups is 1. The van der Waals surface area contributed by atoms with Gasteiger partial charge in [0, 0.05) is 36.0 Å². The number of methoxy groups -OCH3 is 1. The van der Waals surface area contributed by atoms with Crippen LogP contribution in [0.2, 0.25) is 0 Å². The van der Waals surface area contributed by atoms with Gasteiger partial charge in [-0.2, -0.15) is 5.26 Å². The fraction of sp³-hybridized carbons (Fsp3) is 0.174. The average molecular weight is 386 g/mol. The van der Waals surface area contributed by atoms with Crippen LogP contribution in [0.15, 0.2) is 60.4 Å². The van der Waals surface area contributed by atoms with E-state index in [9.17, 15) is 10.1 Å². The molecule has 0 aliphatic rings. The quantitative estimate of drug-likeness (QED) is 0.517. The number of ether oxygens (including phenoxy) is 1. The van der Waals surface area contributed by atoms with E-state index in [1.54, 1.807) is 31.6 Å². The van der Waals surface area contributed by atoms with Gasteiger partial charge in [0.15, 0.2) is 0 Å². The Morgan fingerprint density at radius 1 is 1.28 bits per heavy atom. The standard InChI is InChI=1S/C23H22N4O2/c1-16-11-19(17(2)27(16)21-6-8-22(29-3)9-7-21)12-20(13-24)23(28)26-15-18-5-4-10-25-14-18/h4-12,14H,15H2,1-3H3,(H,26,28)/b20-12+. The minimum atomic E-state index is -0.411. The van der Waals surface area contributed by atoms with Crippen molar-refractivity contribution >= 4 is 12.0 Å². The van der Waals surface area contributed by atoms with Crippen LogP contribution in [0, 0.1) is 25.2 Å². The van der Waals surface area contributed by atoms with Gasteiger partial charge < -0.3 is 14.6 Å². The van der Waals surface area contributed by atoms with Gasteiger partial charge in [-0.05, 0) is 67.4 Å². The summed E-state index contributed by atoms with van der Waals surface area (Å²) in [5, 5.41) is 12.2. The van der Waals surface area contributed by atoms with Crippen molar-refractivity contribution in [1.82, 2.24) is 14.9 Å². The number of carbonyl (C=O) groups excluding carboxylic acids is 1. The van der Waals surface area contributed by atoms with Crippen molar-refractivity contribution in [3.63, 3.8) is 0 Å². The molecule has 2 heterocycles. The lowest BCUT2D eigenvalue weighted by Crippen LogP contribution is -2.24. The first-order valence-corrected chi connectivity index (χ1v) is 9.15. The number of aryl methyl sites for hydroxylation is 1. The maximum Gasteiger partial charge on any atom is 0.262 e. The van der Waals surface area contributed by atoms with Gasteiger partial charge in [-0.15, -0.1) is 0 Å². The summed E-state index contributed by atoms with van der Waals surface area (Å²) >= 11 is 0. The molecule has 1 aromatic carbocycles. The van der Waals surface area contributed by atoms with Crippen molar-refractivity contribution in [2.75, 3.05) is 7.11 Å². The maximum atomic E-state index is 12.5. The largest absolute Gasteiger partial charge is 0.497 e. The molecule has 0 fully saturated rings. The molecule has 2 aromatic heterocycles. The first-order valence-electron chi connectivity index (χ1n) is 9.15. The molecule has 3 rings (SSSR count). The van der Waals surface area contributed by atoms with Gasteiger partial charge in [-0.3, -0.25) is 9.78 Å². The monoisotopic (exact) mass is 386 g/mol. The number of nitrogens with zero attached hydrogens (tertiary/aromatic N) is 3. The Labute approximate surface area is 170 Å². The normalized spacial score (nSPS) is 11.0. The Morgan fingerprint density at radius 3 is 2.66 bits per heavy atom. The number of nitrogens with one attached hydrogen (secondary N) is 1. The summed E-state index contributed by atoms with van der Waals surface area (Å²) in [5.74, 6) is 0.374. The second-order valence-corrected chi connectivity index (χ2v) is 6.57. The third kappa shape index (κ3) is 4.53. The zero-order chi connectivity index (χ0) is 20.8. The summed E-state index contributed by atoms with van der Waals surface area (Å²) in [6.45, 7) is 4.27. The maximum absolute atomic E-state index is 12.5. The molecule has 0 saturated heterocycles. The number of aromatic nitrogens is 2. The summed E-state index contributed by atoms with van der Waals surface area (Å²) in [6.07, 6.45) is 4.98. The van der Waals surface area contributed by atoms with Crippen LogP contribution in [0.5, 0.6) is 5.75 Å². The minimum Gasteiger partial charge on any atom is -0.497 e. The van der Waals surface area contributed by atoms with Gasteiger partial charge in [-0.1, -0.05) is 6.07 Å².